The van der Waals surface area contributed by atoms with Gasteiger partial charge in [0.25, 0.3) is 0 Å². The molecular weight excluding hydrogens is 340 g/mol. The Bertz CT molecular complexity index is 733. The molecule has 0 saturated carbocycles. The van der Waals surface area contributed by atoms with Gasteiger partial charge in [-0.3, -0.25) is 0 Å². The van der Waals surface area contributed by atoms with Crippen molar-refractivity contribution in [3.8, 4) is 0 Å². The van der Waals surface area contributed by atoms with Gasteiger partial charge in [0.15, 0.2) is 0 Å². The lowest BCUT2D eigenvalue weighted by molar-refractivity contribution is 0.107. The minimum absolute atomic E-state index is 0.364. The second-order valence-corrected chi connectivity index (χ2v) is 9.22. The van der Waals surface area contributed by atoms with E-state index >= 15 is 0 Å². The number of likely N-dealkylation sites (tertiary alicyclic amines) is 1. The SMILES string of the molecule is COCCN1CCC2(CC1)C[C@H](NCc1ccc(C)s1)c1ccccc12. The Morgan fingerprint density at radius 2 is 2.00 bits per heavy atom. The summed E-state index contributed by atoms with van der Waals surface area (Å²) in [7, 11) is 1.80. The van der Waals surface area contributed by atoms with Gasteiger partial charge >= 0.3 is 0 Å². The molecule has 1 aliphatic carbocycles. The van der Waals surface area contributed by atoms with Crippen molar-refractivity contribution in [2.45, 2.75) is 44.2 Å². The molecule has 1 atom stereocenters. The molecule has 2 heterocycles. The zero-order valence-corrected chi connectivity index (χ0v) is 16.8. The Morgan fingerprint density at radius 3 is 2.73 bits per heavy atom. The van der Waals surface area contributed by atoms with Crippen LogP contribution in [0, 0.1) is 6.92 Å². The summed E-state index contributed by atoms with van der Waals surface area (Å²) in [6, 6.07) is 14.1. The molecule has 1 fully saturated rings. The fourth-order valence-corrected chi connectivity index (χ4v) is 5.62. The first-order chi connectivity index (χ1) is 12.7. The van der Waals surface area contributed by atoms with Crippen molar-refractivity contribution in [2.75, 3.05) is 33.4 Å². The molecule has 4 rings (SSSR count). The summed E-state index contributed by atoms with van der Waals surface area (Å²) in [6.07, 6.45) is 3.78. The molecular formula is C22H30N2OS. The number of benzene rings is 1. The van der Waals surface area contributed by atoms with Crippen molar-refractivity contribution >= 4 is 11.3 Å². The fourth-order valence-electron chi connectivity index (χ4n) is 4.78. The molecule has 4 heteroatoms. The van der Waals surface area contributed by atoms with Gasteiger partial charge in [0.05, 0.1) is 6.61 Å². The van der Waals surface area contributed by atoms with Crippen molar-refractivity contribution in [1.82, 2.24) is 10.2 Å². The number of methoxy groups -OCH3 is 1. The van der Waals surface area contributed by atoms with Crippen LogP contribution in [0.4, 0.5) is 0 Å². The number of rotatable bonds is 6. The molecule has 1 aromatic heterocycles. The van der Waals surface area contributed by atoms with E-state index in [1.165, 1.54) is 47.7 Å². The highest BCUT2D eigenvalue weighted by Crippen LogP contribution is 2.50. The molecule has 0 bridgehead atoms. The highest BCUT2D eigenvalue weighted by molar-refractivity contribution is 7.11. The normalized spacial score (nSPS) is 22.0. The van der Waals surface area contributed by atoms with E-state index < -0.39 is 0 Å². The minimum Gasteiger partial charge on any atom is -0.383 e. The van der Waals surface area contributed by atoms with Crippen LogP contribution >= 0.6 is 11.3 Å². The first-order valence-corrected chi connectivity index (χ1v) is 10.6. The largest absolute Gasteiger partial charge is 0.383 e. The molecule has 0 unspecified atom stereocenters. The van der Waals surface area contributed by atoms with E-state index in [0.29, 0.717) is 11.5 Å². The van der Waals surface area contributed by atoms with Crippen molar-refractivity contribution in [1.29, 1.82) is 0 Å². The molecule has 1 N–H and O–H groups in total. The Balaban J connectivity index is 1.46. The predicted octanol–water partition coefficient (Wildman–Crippen LogP) is 4.27. The van der Waals surface area contributed by atoms with E-state index in [2.05, 4.69) is 53.5 Å². The smallest absolute Gasteiger partial charge is 0.0589 e. The van der Waals surface area contributed by atoms with Crippen LogP contribution < -0.4 is 5.32 Å². The third-order valence-electron chi connectivity index (χ3n) is 6.25. The van der Waals surface area contributed by atoms with E-state index in [1.807, 2.05) is 11.3 Å². The molecule has 2 aromatic rings. The van der Waals surface area contributed by atoms with Crippen LogP contribution in [-0.4, -0.2) is 38.3 Å². The number of hydrogen-bond donors (Lipinski definition) is 1. The van der Waals surface area contributed by atoms with Crippen molar-refractivity contribution in [2.24, 2.45) is 0 Å². The quantitative estimate of drug-likeness (QED) is 0.822. The van der Waals surface area contributed by atoms with Gasteiger partial charge in [0.1, 0.15) is 0 Å². The highest BCUT2D eigenvalue weighted by Gasteiger charge is 2.44. The van der Waals surface area contributed by atoms with E-state index in [1.54, 1.807) is 12.7 Å². The average molecular weight is 371 g/mol. The van der Waals surface area contributed by atoms with Crippen molar-refractivity contribution in [3.63, 3.8) is 0 Å². The number of thiophene rings is 1. The number of aryl methyl sites for hydroxylation is 1. The average Bonchev–Trinajstić information content (AvgIpc) is 3.22. The maximum absolute atomic E-state index is 5.26. The highest BCUT2D eigenvalue weighted by atomic mass is 32.1. The summed E-state index contributed by atoms with van der Waals surface area (Å²) in [5.41, 5.74) is 3.50. The molecule has 140 valence electrons. The van der Waals surface area contributed by atoms with Crippen LogP contribution in [0.2, 0.25) is 0 Å². The molecule has 1 saturated heterocycles. The zero-order valence-electron chi connectivity index (χ0n) is 16.0. The maximum atomic E-state index is 5.26. The number of piperidine rings is 1. The monoisotopic (exact) mass is 370 g/mol. The van der Waals surface area contributed by atoms with Crippen LogP contribution in [0.1, 0.15) is 46.2 Å². The molecule has 1 aromatic carbocycles. The summed E-state index contributed by atoms with van der Waals surface area (Å²) in [5.74, 6) is 0. The minimum atomic E-state index is 0.364. The molecule has 0 radical (unpaired) electrons. The van der Waals surface area contributed by atoms with E-state index in [9.17, 15) is 0 Å². The Kier molecular flexibility index (Phi) is 5.46. The van der Waals surface area contributed by atoms with E-state index in [4.69, 9.17) is 4.74 Å². The van der Waals surface area contributed by atoms with Gasteiger partial charge in [-0.2, -0.15) is 0 Å². The summed E-state index contributed by atoms with van der Waals surface area (Å²) in [4.78, 5) is 5.40. The van der Waals surface area contributed by atoms with Gasteiger partial charge in [-0.05, 0) is 68.0 Å². The zero-order chi connectivity index (χ0) is 18.0. The van der Waals surface area contributed by atoms with Gasteiger partial charge < -0.3 is 15.0 Å². The molecule has 1 aliphatic heterocycles. The van der Waals surface area contributed by atoms with Gasteiger partial charge in [0.2, 0.25) is 0 Å². The van der Waals surface area contributed by atoms with E-state index in [0.717, 1.165) is 19.7 Å². The number of nitrogens with zero attached hydrogens (tertiary/aromatic N) is 1. The van der Waals surface area contributed by atoms with Gasteiger partial charge in [-0.15, -0.1) is 11.3 Å². The lowest BCUT2D eigenvalue weighted by Gasteiger charge is -2.40. The molecule has 0 amide bonds. The first kappa shape index (κ1) is 18.2. The lowest BCUT2D eigenvalue weighted by atomic mass is 9.73. The second kappa shape index (κ2) is 7.81. The van der Waals surface area contributed by atoms with Gasteiger partial charge in [0, 0.05) is 36.0 Å². The molecule has 2 aliphatic rings. The van der Waals surface area contributed by atoms with Crippen LogP contribution in [0.25, 0.3) is 0 Å². The van der Waals surface area contributed by atoms with Gasteiger partial charge in [-0.1, -0.05) is 24.3 Å². The summed E-state index contributed by atoms with van der Waals surface area (Å²) >= 11 is 1.91. The Labute approximate surface area is 161 Å². The van der Waals surface area contributed by atoms with E-state index in [-0.39, 0.29) is 0 Å². The predicted molar refractivity (Wildman–Crippen MR) is 109 cm³/mol. The fraction of sp³-hybridized carbons (Fsp3) is 0.545. The van der Waals surface area contributed by atoms with Crippen LogP contribution in [0.15, 0.2) is 36.4 Å². The third kappa shape index (κ3) is 3.61. The standard InChI is InChI=1S/C22H30N2OS/c1-17-7-8-18(26-17)16-23-21-15-22(20-6-4-3-5-19(20)21)9-11-24(12-10-22)13-14-25-2/h3-8,21,23H,9-16H2,1-2H3/t21-/m0/s1. The second-order valence-electron chi connectivity index (χ2n) is 7.85. The lowest BCUT2D eigenvalue weighted by Crippen LogP contribution is -2.43. The number of ether oxygens (including phenoxy) is 1. The van der Waals surface area contributed by atoms with Crippen molar-refractivity contribution < 1.29 is 4.74 Å². The maximum Gasteiger partial charge on any atom is 0.0589 e. The number of nitrogens with one attached hydrogen (secondary N) is 1. The summed E-state index contributed by atoms with van der Waals surface area (Å²) in [6.45, 7) is 7.45. The summed E-state index contributed by atoms with van der Waals surface area (Å²) in [5, 5.41) is 3.86. The number of fused-ring (bicyclic) bond motifs is 2. The topological polar surface area (TPSA) is 24.5 Å². The van der Waals surface area contributed by atoms with Crippen LogP contribution in [0.5, 0.6) is 0 Å². The van der Waals surface area contributed by atoms with Crippen molar-refractivity contribution in [3.05, 3.63) is 57.3 Å². The van der Waals surface area contributed by atoms with Crippen LogP contribution in [-0.2, 0) is 16.7 Å². The Hall–Kier alpha value is -1.20. The Morgan fingerprint density at radius 1 is 1.19 bits per heavy atom. The van der Waals surface area contributed by atoms with Gasteiger partial charge in [-0.25, -0.2) is 0 Å². The molecule has 1 spiro atoms. The molecule has 3 nitrogen and oxygen atoms in total. The summed E-state index contributed by atoms with van der Waals surface area (Å²) < 4.78 is 5.26. The van der Waals surface area contributed by atoms with Crippen LogP contribution in [0.3, 0.4) is 0 Å². The molecule has 26 heavy (non-hydrogen) atoms. The third-order valence-corrected chi connectivity index (χ3v) is 7.25. The number of hydrogen-bond acceptors (Lipinski definition) is 4. The first-order valence-electron chi connectivity index (χ1n) is 9.80.